The average molecular weight is 190 g/mol. The van der Waals surface area contributed by atoms with E-state index < -0.39 is 0 Å². The summed E-state index contributed by atoms with van der Waals surface area (Å²) in [4.78, 5) is 1.98. The molecular weight excluding hydrogens is 176 g/mol. The van der Waals surface area contributed by atoms with Crippen LogP contribution in [0.4, 0.5) is 0 Å². The summed E-state index contributed by atoms with van der Waals surface area (Å²) in [5.41, 5.74) is 2.04. The highest BCUT2D eigenvalue weighted by molar-refractivity contribution is 5.27. The minimum Gasteiger partial charge on any atom is -0.357 e. The Morgan fingerprint density at radius 3 is 3.21 bits per heavy atom. The molecule has 0 bridgehead atoms. The van der Waals surface area contributed by atoms with Gasteiger partial charge >= 0.3 is 0 Å². The summed E-state index contributed by atoms with van der Waals surface area (Å²) in [5, 5.41) is 8.87. The summed E-state index contributed by atoms with van der Waals surface area (Å²) in [6.07, 6.45) is 3.67. The molecule has 0 spiro atoms. The lowest BCUT2D eigenvalue weighted by Crippen LogP contribution is -2.44. The quantitative estimate of drug-likeness (QED) is 0.545. The zero-order valence-corrected chi connectivity index (χ0v) is 8.36. The number of hydrogen-bond donors (Lipinski definition) is 0. The van der Waals surface area contributed by atoms with E-state index in [1.54, 1.807) is 0 Å². The molecule has 0 unspecified atom stereocenters. The van der Waals surface area contributed by atoms with Crippen LogP contribution in [0.1, 0.15) is 12.8 Å². The Kier molecular flexibility index (Phi) is 2.30. The van der Waals surface area contributed by atoms with E-state index in [-0.39, 0.29) is 6.23 Å². The largest absolute Gasteiger partial charge is 0.357 e. The molecule has 3 heteroatoms. The van der Waals surface area contributed by atoms with Crippen molar-refractivity contribution in [3.8, 4) is 6.07 Å². The molecule has 0 saturated carbocycles. The summed E-state index contributed by atoms with van der Waals surface area (Å²) < 4.78 is 5.67. The monoisotopic (exact) mass is 190 g/mol. The van der Waals surface area contributed by atoms with Crippen LogP contribution in [-0.2, 0) is 4.74 Å². The van der Waals surface area contributed by atoms with Gasteiger partial charge in [-0.3, -0.25) is 0 Å². The normalized spacial score (nSPS) is 31.9. The summed E-state index contributed by atoms with van der Waals surface area (Å²) >= 11 is 0. The van der Waals surface area contributed by atoms with Gasteiger partial charge in [0, 0.05) is 24.7 Å². The number of nitriles is 1. The molecule has 0 aromatic carbocycles. The molecular formula is C11H14N2O. The average Bonchev–Trinajstić information content (AvgIpc) is 2.19. The van der Waals surface area contributed by atoms with Crippen molar-refractivity contribution in [1.82, 2.24) is 4.90 Å². The lowest BCUT2D eigenvalue weighted by Gasteiger charge is -2.41. The fourth-order valence-corrected chi connectivity index (χ4v) is 2.14. The molecule has 3 nitrogen and oxygen atoms in total. The fourth-order valence-electron chi connectivity index (χ4n) is 2.14. The van der Waals surface area contributed by atoms with Gasteiger partial charge in [0.2, 0.25) is 0 Å². The van der Waals surface area contributed by atoms with Gasteiger partial charge in [-0.2, -0.15) is 5.26 Å². The molecule has 2 heterocycles. The first-order valence-electron chi connectivity index (χ1n) is 4.84. The molecule has 0 radical (unpaired) electrons. The van der Waals surface area contributed by atoms with E-state index in [0.29, 0.717) is 5.92 Å². The van der Waals surface area contributed by atoms with Crippen molar-refractivity contribution >= 4 is 0 Å². The number of rotatable bonds is 0. The van der Waals surface area contributed by atoms with Crippen LogP contribution in [0.15, 0.2) is 23.9 Å². The van der Waals surface area contributed by atoms with E-state index in [1.807, 2.05) is 18.1 Å². The highest BCUT2D eigenvalue weighted by Crippen LogP contribution is 2.35. The van der Waals surface area contributed by atoms with E-state index in [2.05, 4.69) is 12.6 Å². The minimum absolute atomic E-state index is 0.0911. The first-order chi connectivity index (χ1) is 6.72. The molecule has 74 valence electrons. The van der Waals surface area contributed by atoms with E-state index in [4.69, 9.17) is 10.00 Å². The summed E-state index contributed by atoms with van der Waals surface area (Å²) in [6.45, 7) is 4.81. The third kappa shape index (κ3) is 1.42. The van der Waals surface area contributed by atoms with Gasteiger partial charge in [-0.25, -0.2) is 0 Å². The molecule has 0 amide bonds. The number of nitrogens with zero attached hydrogens (tertiary/aromatic N) is 2. The molecule has 0 aromatic heterocycles. The lowest BCUT2D eigenvalue weighted by atomic mass is 9.85. The zero-order chi connectivity index (χ0) is 10.1. The van der Waals surface area contributed by atoms with Crippen molar-refractivity contribution < 1.29 is 4.74 Å². The van der Waals surface area contributed by atoms with Crippen molar-refractivity contribution in [1.29, 1.82) is 5.26 Å². The fraction of sp³-hybridized carbons (Fsp3) is 0.545. The van der Waals surface area contributed by atoms with Gasteiger partial charge in [-0.15, -0.1) is 0 Å². The zero-order valence-electron chi connectivity index (χ0n) is 8.36. The van der Waals surface area contributed by atoms with E-state index >= 15 is 0 Å². The van der Waals surface area contributed by atoms with Crippen LogP contribution in [0.2, 0.25) is 0 Å². The Bertz CT molecular complexity index is 327. The number of allylic oxidation sites excluding steroid dienone is 1. The topological polar surface area (TPSA) is 36.3 Å². The van der Waals surface area contributed by atoms with Gasteiger partial charge in [-0.1, -0.05) is 12.2 Å². The predicted molar refractivity (Wildman–Crippen MR) is 53.1 cm³/mol. The maximum atomic E-state index is 8.87. The molecule has 0 aliphatic carbocycles. The third-order valence-electron chi connectivity index (χ3n) is 2.92. The Morgan fingerprint density at radius 2 is 2.50 bits per heavy atom. The van der Waals surface area contributed by atoms with Crippen LogP contribution in [0.3, 0.4) is 0 Å². The minimum atomic E-state index is 0.0911. The van der Waals surface area contributed by atoms with Gasteiger partial charge < -0.3 is 9.64 Å². The van der Waals surface area contributed by atoms with Gasteiger partial charge in [-0.05, 0) is 12.8 Å². The van der Waals surface area contributed by atoms with Crippen LogP contribution in [-0.4, -0.2) is 24.8 Å². The van der Waals surface area contributed by atoms with Gasteiger partial charge in [0.15, 0.2) is 0 Å². The van der Waals surface area contributed by atoms with Gasteiger partial charge in [0.1, 0.15) is 6.23 Å². The van der Waals surface area contributed by atoms with Crippen LogP contribution < -0.4 is 0 Å². The van der Waals surface area contributed by atoms with Crippen molar-refractivity contribution in [3.05, 3.63) is 23.9 Å². The molecule has 1 saturated heterocycles. The summed E-state index contributed by atoms with van der Waals surface area (Å²) in [6, 6.07) is 2.21. The SMILES string of the molecule is C=C1CCO[C@@H]2[C@H]1CC(C#N)=CN2C. The molecule has 1 fully saturated rings. The molecule has 2 atom stereocenters. The lowest BCUT2D eigenvalue weighted by molar-refractivity contribution is -0.0785. The number of fused-ring (bicyclic) bond motifs is 1. The Morgan fingerprint density at radius 1 is 1.71 bits per heavy atom. The highest BCUT2D eigenvalue weighted by Gasteiger charge is 2.34. The molecule has 2 aliphatic heterocycles. The maximum absolute atomic E-state index is 8.87. The maximum Gasteiger partial charge on any atom is 0.136 e. The molecule has 0 N–H and O–H groups in total. The summed E-state index contributed by atoms with van der Waals surface area (Å²) in [5.74, 6) is 0.299. The van der Waals surface area contributed by atoms with E-state index in [9.17, 15) is 0 Å². The molecule has 0 aromatic rings. The van der Waals surface area contributed by atoms with Gasteiger partial charge in [0.25, 0.3) is 0 Å². The van der Waals surface area contributed by atoms with E-state index in [1.165, 1.54) is 5.57 Å². The molecule has 2 rings (SSSR count). The second-order valence-electron chi connectivity index (χ2n) is 3.91. The Labute approximate surface area is 84.3 Å². The first kappa shape index (κ1) is 9.29. The van der Waals surface area contributed by atoms with Crippen molar-refractivity contribution in [2.75, 3.05) is 13.7 Å². The number of hydrogen-bond acceptors (Lipinski definition) is 3. The Hall–Kier alpha value is -1.27. The van der Waals surface area contributed by atoms with Crippen LogP contribution >= 0.6 is 0 Å². The van der Waals surface area contributed by atoms with Crippen molar-refractivity contribution in [2.24, 2.45) is 5.92 Å². The smallest absolute Gasteiger partial charge is 0.136 e. The first-order valence-corrected chi connectivity index (χ1v) is 4.84. The molecule has 14 heavy (non-hydrogen) atoms. The Balaban J connectivity index is 2.25. The second kappa shape index (κ2) is 3.47. The number of ether oxygens (including phenoxy) is 1. The van der Waals surface area contributed by atoms with E-state index in [0.717, 1.165) is 25.0 Å². The third-order valence-corrected chi connectivity index (χ3v) is 2.92. The van der Waals surface area contributed by atoms with Crippen LogP contribution in [0, 0.1) is 17.2 Å². The molecule has 2 aliphatic rings. The summed E-state index contributed by atoms with van der Waals surface area (Å²) in [7, 11) is 1.95. The highest BCUT2D eigenvalue weighted by atomic mass is 16.5. The van der Waals surface area contributed by atoms with Crippen molar-refractivity contribution in [3.63, 3.8) is 0 Å². The standard InChI is InChI=1S/C11H14N2O/c1-8-3-4-14-11-10(8)5-9(6-12)7-13(11)2/h7,10-11H,1,3-5H2,2H3/t10-,11+/m0/s1. The van der Waals surface area contributed by atoms with Crippen LogP contribution in [0.25, 0.3) is 0 Å². The predicted octanol–water partition coefficient (Wildman–Crippen LogP) is 1.65. The van der Waals surface area contributed by atoms with Gasteiger partial charge in [0.05, 0.1) is 12.7 Å². The van der Waals surface area contributed by atoms with Crippen LogP contribution in [0.5, 0.6) is 0 Å². The second-order valence-corrected chi connectivity index (χ2v) is 3.91. The van der Waals surface area contributed by atoms with Crippen molar-refractivity contribution in [2.45, 2.75) is 19.1 Å².